The van der Waals surface area contributed by atoms with Crippen LogP contribution in [0, 0.1) is 5.82 Å². The first kappa shape index (κ1) is 16.3. The van der Waals surface area contributed by atoms with Gasteiger partial charge in [-0.1, -0.05) is 4.89 Å². The van der Waals surface area contributed by atoms with E-state index in [1.165, 1.54) is 0 Å². The number of sulfonamides is 1. The second kappa shape index (κ2) is 5.73. The molecule has 2 N–H and O–H groups in total. The average Bonchev–Trinajstić information content (AvgIpc) is 2.26. The fourth-order valence-electron chi connectivity index (χ4n) is 1.07. The Hall–Kier alpha value is -1.72. The number of nitrogens with one attached hydrogen (secondary N) is 1. The molecule has 0 radical (unpaired) electrons. The first-order valence-electron chi connectivity index (χ1n) is 4.76. The number of halogens is 4. The Kier molecular flexibility index (Phi) is 4.68. The Bertz CT molecular complexity index is 613. The molecule has 1 rings (SSSR count). The molecule has 0 aliphatic rings. The fraction of sp³-hybridized carbons (Fsp3) is 0.222. The number of alkyl halides is 3. The second-order valence-corrected chi connectivity index (χ2v) is 5.08. The molecule has 0 spiro atoms. The molecular weight excluding hydrogens is 310 g/mol. The van der Waals surface area contributed by atoms with E-state index in [4.69, 9.17) is 5.11 Å². The molecule has 0 aromatic heterocycles. The highest BCUT2D eigenvalue weighted by Gasteiger charge is 2.29. The summed E-state index contributed by atoms with van der Waals surface area (Å²) in [4.78, 5) is 14.8. The summed E-state index contributed by atoms with van der Waals surface area (Å²) in [5.41, 5.74) is -0.941. The molecule has 0 fully saturated rings. The van der Waals surface area contributed by atoms with Crippen molar-refractivity contribution in [2.24, 2.45) is 0 Å². The highest BCUT2D eigenvalue weighted by Crippen LogP contribution is 2.17. The van der Waals surface area contributed by atoms with E-state index < -0.39 is 45.1 Å². The number of hydrogen-bond donors (Lipinski definition) is 2. The SMILES string of the molecule is O=C(O)c1cc(S(=O)(=O)NOCC(F)(F)F)ccc1F. The van der Waals surface area contributed by atoms with E-state index in [-0.39, 0.29) is 0 Å². The number of benzene rings is 1. The predicted octanol–water partition coefficient (Wildman–Crippen LogP) is 1.30. The first-order chi connectivity index (χ1) is 9.03. The Morgan fingerprint density at radius 3 is 2.45 bits per heavy atom. The van der Waals surface area contributed by atoms with Crippen molar-refractivity contribution in [3.63, 3.8) is 0 Å². The van der Waals surface area contributed by atoms with Gasteiger partial charge >= 0.3 is 12.1 Å². The zero-order valence-electron chi connectivity index (χ0n) is 9.44. The maximum absolute atomic E-state index is 13.0. The van der Waals surface area contributed by atoms with Crippen LogP contribution in [-0.4, -0.2) is 32.3 Å². The van der Waals surface area contributed by atoms with Gasteiger partial charge in [0.25, 0.3) is 10.0 Å². The fourth-order valence-corrected chi connectivity index (χ4v) is 1.90. The third-order valence-electron chi connectivity index (χ3n) is 1.88. The second-order valence-electron chi connectivity index (χ2n) is 3.44. The zero-order valence-corrected chi connectivity index (χ0v) is 10.3. The summed E-state index contributed by atoms with van der Waals surface area (Å²) < 4.78 is 71.3. The predicted molar refractivity (Wildman–Crippen MR) is 55.7 cm³/mol. The summed E-state index contributed by atoms with van der Waals surface area (Å²) >= 11 is 0. The number of hydrogen-bond acceptors (Lipinski definition) is 4. The highest BCUT2D eigenvalue weighted by atomic mass is 32.2. The van der Waals surface area contributed by atoms with Crippen molar-refractivity contribution < 1.29 is 40.7 Å². The lowest BCUT2D eigenvalue weighted by atomic mass is 10.2. The van der Waals surface area contributed by atoms with E-state index in [0.29, 0.717) is 18.2 Å². The van der Waals surface area contributed by atoms with Crippen LogP contribution in [0.3, 0.4) is 0 Å². The molecule has 0 amide bonds. The van der Waals surface area contributed by atoms with Gasteiger partial charge in [-0.15, -0.1) is 0 Å². The van der Waals surface area contributed by atoms with Gasteiger partial charge in [-0.2, -0.15) is 13.2 Å². The van der Waals surface area contributed by atoms with Crippen LogP contribution < -0.4 is 4.89 Å². The third kappa shape index (κ3) is 4.43. The Morgan fingerprint density at radius 2 is 1.95 bits per heavy atom. The minimum absolute atomic E-state index is 0.455. The molecule has 11 heteroatoms. The minimum atomic E-state index is -4.75. The van der Waals surface area contributed by atoms with Crippen LogP contribution >= 0.6 is 0 Å². The Morgan fingerprint density at radius 1 is 1.35 bits per heavy atom. The van der Waals surface area contributed by atoms with Crippen LogP contribution in [0.15, 0.2) is 23.1 Å². The van der Waals surface area contributed by atoms with E-state index in [0.717, 1.165) is 4.89 Å². The molecular formula is C9H7F4NO5S. The summed E-state index contributed by atoms with van der Waals surface area (Å²) in [6.07, 6.45) is -4.75. The van der Waals surface area contributed by atoms with Crippen LogP contribution in [0.25, 0.3) is 0 Å². The normalized spacial score (nSPS) is 12.4. The number of carboxylic acids is 1. The molecule has 20 heavy (non-hydrogen) atoms. The van der Waals surface area contributed by atoms with Crippen LogP contribution in [0.2, 0.25) is 0 Å². The molecule has 0 aliphatic heterocycles. The van der Waals surface area contributed by atoms with Crippen LogP contribution in [-0.2, 0) is 14.9 Å². The molecule has 0 aliphatic carbocycles. The molecule has 0 saturated heterocycles. The van der Waals surface area contributed by atoms with Crippen LogP contribution in [0.4, 0.5) is 17.6 Å². The van der Waals surface area contributed by atoms with Gasteiger partial charge in [-0.05, 0) is 18.2 Å². The standard InChI is InChI=1S/C9H7F4NO5S/c10-7-2-1-5(3-6(7)8(15)16)20(17,18)14-19-4-9(11,12)13/h1-3,14H,4H2,(H,15,16). The molecule has 1 aromatic carbocycles. The maximum atomic E-state index is 13.0. The molecule has 0 saturated carbocycles. The molecule has 112 valence electrons. The highest BCUT2D eigenvalue weighted by molar-refractivity contribution is 7.89. The lowest BCUT2D eigenvalue weighted by Crippen LogP contribution is -2.29. The van der Waals surface area contributed by atoms with Crippen molar-refractivity contribution in [3.8, 4) is 0 Å². The van der Waals surface area contributed by atoms with E-state index in [9.17, 15) is 30.8 Å². The van der Waals surface area contributed by atoms with Crippen molar-refractivity contribution >= 4 is 16.0 Å². The van der Waals surface area contributed by atoms with Crippen molar-refractivity contribution in [2.75, 3.05) is 6.61 Å². The maximum Gasteiger partial charge on any atom is 0.413 e. The smallest absolute Gasteiger partial charge is 0.413 e. The number of rotatable bonds is 5. The van der Waals surface area contributed by atoms with Crippen molar-refractivity contribution in [2.45, 2.75) is 11.1 Å². The summed E-state index contributed by atoms with van der Waals surface area (Å²) in [6, 6.07) is 1.69. The quantitative estimate of drug-likeness (QED) is 0.631. The van der Waals surface area contributed by atoms with Gasteiger partial charge in [-0.3, -0.25) is 4.84 Å². The number of carboxylic acid groups (broad SMARTS) is 1. The lowest BCUT2D eigenvalue weighted by molar-refractivity contribution is -0.181. The van der Waals surface area contributed by atoms with Crippen molar-refractivity contribution in [1.82, 2.24) is 4.89 Å². The zero-order chi connectivity index (χ0) is 15.6. The third-order valence-corrected chi connectivity index (χ3v) is 3.09. The molecule has 0 unspecified atom stereocenters. The average molecular weight is 317 g/mol. The molecule has 1 aromatic rings. The lowest BCUT2D eigenvalue weighted by Gasteiger charge is -2.09. The number of carbonyl (C=O) groups is 1. The summed E-state index contributed by atoms with van der Waals surface area (Å²) in [5.74, 6) is -2.91. The Labute approximate surface area is 110 Å². The van der Waals surface area contributed by atoms with Crippen molar-refractivity contribution in [3.05, 3.63) is 29.6 Å². The molecule has 6 nitrogen and oxygen atoms in total. The van der Waals surface area contributed by atoms with Crippen LogP contribution in [0.1, 0.15) is 10.4 Å². The summed E-state index contributed by atoms with van der Waals surface area (Å²) in [6.45, 7) is -1.88. The van der Waals surface area contributed by atoms with Gasteiger partial charge in [0.1, 0.15) is 5.82 Å². The van der Waals surface area contributed by atoms with Gasteiger partial charge in [0.05, 0.1) is 10.5 Å². The summed E-state index contributed by atoms with van der Waals surface area (Å²) in [5, 5.41) is 8.60. The first-order valence-corrected chi connectivity index (χ1v) is 6.24. The van der Waals surface area contributed by atoms with E-state index >= 15 is 0 Å². The number of aromatic carboxylic acids is 1. The van der Waals surface area contributed by atoms with E-state index in [1.807, 2.05) is 0 Å². The van der Waals surface area contributed by atoms with E-state index in [2.05, 4.69) is 4.84 Å². The van der Waals surface area contributed by atoms with Crippen molar-refractivity contribution in [1.29, 1.82) is 0 Å². The van der Waals surface area contributed by atoms with Gasteiger partial charge in [0.15, 0.2) is 6.61 Å². The van der Waals surface area contributed by atoms with Crippen LogP contribution in [0.5, 0.6) is 0 Å². The summed E-state index contributed by atoms with van der Waals surface area (Å²) in [7, 11) is -4.56. The van der Waals surface area contributed by atoms with Gasteiger partial charge in [0.2, 0.25) is 0 Å². The van der Waals surface area contributed by atoms with Gasteiger partial charge < -0.3 is 5.11 Å². The topological polar surface area (TPSA) is 92.7 Å². The minimum Gasteiger partial charge on any atom is -0.478 e. The van der Waals surface area contributed by atoms with E-state index in [1.54, 1.807) is 0 Å². The van der Waals surface area contributed by atoms with Gasteiger partial charge in [-0.25, -0.2) is 17.6 Å². The molecule has 0 atom stereocenters. The Balaban J connectivity index is 2.93. The monoisotopic (exact) mass is 317 g/mol. The largest absolute Gasteiger partial charge is 0.478 e. The molecule has 0 bridgehead atoms. The van der Waals surface area contributed by atoms with Gasteiger partial charge in [0, 0.05) is 0 Å². The molecule has 0 heterocycles.